The minimum atomic E-state index is -1.34. The summed E-state index contributed by atoms with van der Waals surface area (Å²) in [5.41, 5.74) is 0.450. The van der Waals surface area contributed by atoms with E-state index in [-0.39, 0.29) is 17.9 Å². The number of carbonyl (C=O) groups is 5. The Balaban J connectivity index is 2.02. The molecule has 0 N–H and O–H groups in total. The van der Waals surface area contributed by atoms with Gasteiger partial charge in [0.05, 0.1) is 17.9 Å². The molecule has 0 bridgehead atoms. The van der Waals surface area contributed by atoms with E-state index in [1.807, 2.05) is 0 Å². The van der Waals surface area contributed by atoms with E-state index >= 15 is 0 Å². The van der Waals surface area contributed by atoms with Crippen LogP contribution in [0.15, 0.2) is 24.3 Å². The minimum absolute atomic E-state index is 0.175. The van der Waals surface area contributed by atoms with Crippen LogP contribution in [0.2, 0.25) is 0 Å². The van der Waals surface area contributed by atoms with Gasteiger partial charge in [-0.2, -0.15) is 0 Å². The van der Waals surface area contributed by atoms with E-state index < -0.39 is 54.1 Å². The van der Waals surface area contributed by atoms with Crippen LogP contribution in [-0.2, 0) is 38.1 Å². The summed E-state index contributed by atoms with van der Waals surface area (Å²) < 4.78 is 21.4. The second-order valence-electron chi connectivity index (χ2n) is 6.54. The maximum atomic E-state index is 12.6. The standard InChI is InChI=1S/C19H19NO9/c1-9(21)27-14-8-26-19(17(29-11(3)23)16(14)28-10(2)22)20-13-7-5-4-6-12(13)15(24)18(20)25/h4-7,14,16-17,19H,8H2,1-3H3/t14-,16-,17+,19+/m1/s1. The van der Waals surface area contributed by atoms with Crippen LogP contribution in [-0.4, -0.2) is 60.7 Å². The molecule has 29 heavy (non-hydrogen) atoms. The molecule has 0 radical (unpaired) electrons. The molecule has 2 aliphatic heterocycles. The summed E-state index contributed by atoms with van der Waals surface area (Å²) in [6.07, 6.45) is -4.91. The number of Topliss-reactive ketones (excluding diaryl/α,β-unsaturated/α-hetero) is 1. The van der Waals surface area contributed by atoms with E-state index in [0.29, 0.717) is 0 Å². The highest BCUT2D eigenvalue weighted by Gasteiger charge is 2.53. The van der Waals surface area contributed by atoms with Gasteiger partial charge >= 0.3 is 23.8 Å². The van der Waals surface area contributed by atoms with Gasteiger partial charge in [0.1, 0.15) is 0 Å². The molecule has 3 rings (SSSR count). The van der Waals surface area contributed by atoms with Crippen LogP contribution in [0.25, 0.3) is 0 Å². The molecule has 4 atom stereocenters. The first-order chi connectivity index (χ1) is 13.7. The molecule has 1 aromatic rings. The van der Waals surface area contributed by atoms with Crippen molar-refractivity contribution in [2.45, 2.75) is 45.3 Å². The molecule has 1 aromatic carbocycles. The lowest BCUT2D eigenvalue weighted by Crippen LogP contribution is -2.63. The summed E-state index contributed by atoms with van der Waals surface area (Å²) in [5.74, 6) is -3.73. The van der Waals surface area contributed by atoms with Crippen LogP contribution >= 0.6 is 0 Å². The normalized spacial score (nSPS) is 26.0. The van der Waals surface area contributed by atoms with Crippen molar-refractivity contribution >= 4 is 35.3 Å². The highest BCUT2D eigenvalue weighted by molar-refractivity contribution is 6.52. The number of rotatable bonds is 4. The third kappa shape index (κ3) is 3.97. The van der Waals surface area contributed by atoms with E-state index in [1.54, 1.807) is 18.2 Å². The van der Waals surface area contributed by atoms with Gasteiger partial charge in [-0.1, -0.05) is 12.1 Å². The zero-order valence-corrected chi connectivity index (χ0v) is 15.9. The molecule has 10 heteroatoms. The Morgan fingerprint density at radius 3 is 2.14 bits per heavy atom. The molecule has 10 nitrogen and oxygen atoms in total. The smallest absolute Gasteiger partial charge is 0.303 e. The fraction of sp³-hybridized carbons (Fsp3) is 0.421. The van der Waals surface area contributed by atoms with Gasteiger partial charge in [-0.25, -0.2) is 0 Å². The fourth-order valence-corrected chi connectivity index (χ4v) is 3.41. The van der Waals surface area contributed by atoms with Crippen LogP contribution in [0, 0.1) is 0 Å². The number of esters is 3. The number of nitrogens with zero attached hydrogens (tertiary/aromatic N) is 1. The Morgan fingerprint density at radius 1 is 0.931 bits per heavy atom. The predicted octanol–water partition coefficient (Wildman–Crippen LogP) is 0.367. The Labute approximate surface area is 165 Å². The third-order valence-corrected chi connectivity index (χ3v) is 4.40. The molecule has 0 unspecified atom stereocenters. The van der Waals surface area contributed by atoms with Crippen LogP contribution < -0.4 is 4.90 Å². The van der Waals surface area contributed by atoms with Gasteiger partial charge in [0.15, 0.2) is 24.5 Å². The van der Waals surface area contributed by atoms with E-state index in [0.717, 1.165) is 25.7 Å². The van der Waals surface area contributed by atoms with E-state index in [2.05, 4.69) is 0 Å². The van der Waals surface area contributed by atoms with Crippen molar-refractivity contribution in [2.24, 2.45) is 0 Å². The van der Waals surface area contributed by atoms with Crippen LogP contribution in [0.1, 0.15) is 31.1 Å². The molecule has 1 saturated heterocycles. The molecule has 154 valence electrons. The van der Waals surface area contributed by atoms with E-state index in [4.69, 9.17) is 18.9 Å². The van der Waals surface area contributed by atoms with Crippen molar-refractivity contribution in [3.8, 4) is 0 Å². The molecule has 0 saturated carbocycles. The van der Waals surface area contributed by atoms with Crippen LogP contribution in [0.3, 0.4) is 0 Å². The van der Waals surface area contributed by atoms with Crippen molar-refractivity contribution in [1.82, 2.24) is 0 Å². The lowest BCUT2D eigenvalue weighted by atomic mass is 10.0. The van der Waals surface area contributed by atoms with Gasteiger partial charge in [0, 0.05) is 20.8 Å². The number of fused-ring (bicyclic) bond motifs is 1. The Hall–Kier alpha value is -3.27. The summed E-state index contributed by atoms with van der Waals surface area (Å²) in [6, 6.07) is 6.28. The number of carbonyl (C=O) groups excluding carboxylic acids is 5. The predicted molar refractivity (Wildman–Crippen MR) is 94.7 cm³/mol. The molecule has 0 spiro atoms. The number of hydrogen-bond acceptors (Lipinski definition) is 9. The van der Waals surface area contributed by atoms with Crippen molar-refractivity contribution in [3.63, 3.8) is 0 Å². The summed E-state index contributed by atoms with van der Waals surface area (Å²) in [5, 5.41) is 0. The number of ketones is 1. The topological polar surface area (TPSA) is 126 Å². The maximum Gasteiger partial charge on any atom is 0.303 e. The molecule has 2 heterocycles. The van der Waals surface area contributed by atoms with Gasteiger partial charge in [0.2, 0.25) is 0 Å². The molecular formula is C19H19NO9. The van der Waals surface area contributed by atoms with Crippen LogP contribution in [0.5, 0.6) is 0 Å². The summed E-state index contributed by atoms with van der Waals surface area (Å²) in [7, 11) is 0. The van der Waals surface area contributed by atoms with E-state index in [9.17, 15) is 24.0 Å². The second kappa shape index (κ2) is 8.00. The first-order valence-corrected chi connectivity index (χ1v) is 8.81. The van der Waals surface area contributed by atoms with Crippen molar-refractivity contribution in [3.05, 3.63) is 29.8 Å². The Morgan fingerprint density at radius 2 is 1.52 bits per heavy atom. The highest BCUT2D eigenvalue weighted by atomic mass is 16.6. The van der Waals surface area contributed by atoms with Crippen molar-refractivity contribution < 1.29 is 42.9 Å². The van der Waals surface area contributed by atoms with Crippen molar-refractivity contribution in [1.29, 1.82) is 0 Å². The first kappa shape index (κ1) is 20.5. The lowest BCUT2D eigenvalue weighted by molar-refractivity contribution is -0.225. The fourth-order valence-electron chi connectivity index (χ4n) is 3.41. The average molecular weight is 405 g/mol. The zero-order valence-electron chi connectivity index (χ0n) is 15.9. The molecular weight excluding hydrogens is 386 g/mol. The number of ether oxygens (including phenoxy) is 4. The molecule has 2 aliphatic rings. The van der Waals surface area contributed by atoms with Crippen LogP contribution in [0.4, 0.5) is 5.69 Å². The van der Waals surface area contributed by atoms with Gasteiger partial charge in [0.25, 0.3) is 5.78 Å². The van der Waals surface area contributed by atoms with Gasteiger partial charge < -0.3 is 18.9 Å². The first-order valence-electron chi connectivity index (χ1n) is 8.81. The minimum Gasteiger partial charge on any atom is -0.456 e. The van der Waals surface area contributed by atoms with Gasteiger partial charge in [-0.3, -0.25) is 28.9 Å². The average Bonchev–Trinajstić information content (AvgIpc) is 2.88. The third-order valence-electron chi connectivity index (χ3n) is 4.40. The maximum absolute atomic E-state index is 12.6. The summed E-state index contributed by atoms with van der Waals surface area (Å²) in [4.78, 5) is 60.8. The summed E-state index contributed by atoms with van der Waals surface area (Å²) in [6.45, 7) is 3.18. The molecule has 0 aromatic heterocycles. The number of anilines is 1. The SMILES string of the molecule is CC(=O)O[C@H]1[C@H](OC(C)=O)[C@@H](N2C(=O)C(=O)c3ccccc32)OC[C@H]1OC(C)=O. The Bertz CT molecular complexity index is 880. The number of hydrogen-bond donors (Lipinski definition) is 0. The lowest BCUT2D eigenvalue weighted by Gasteiger charge is -2.43. The zero-order chi connectivity index (χ0) is 21.3. The quantitative estimate of drug-likeness (QED) is 0.397. The largest absolute Gasteiger partial charge is 0.456 e. The molecule has 1 fully saturated rings. The Kier molecular flexibility index (Phi) is 5.64. The van der Waals surface area contributed by atoms with E-state index in [1.165, 1.54) is 6.07 Å². The monoisotopic (exact) mass is 405 g/mol. The van der Waals surface area contributed by atoms with Gasteiger partial charge in [-0.15, -0.1) is 0 Å². The second-order valence-corrected chi connectivity index (χ2v) is 6.54. The number of benzene rings is 1. The number of amides is 1. The number of para-hydroxylation sites is 1. The summed E-state index contributed by atoms with van der Waals surface area (Å²) >= 11 is 0. The molecule has 0 aliphatic carbocycles. The van der Waals surface area contributed by atoms with Gasteiger partial charge in [-0.05, 0) is 12.1 Å². The van der Waals surface area contributed by atoms with Crippen molar-refractivity contribution in [2.75, 3.05) is 11.5 Å². The highest BCUT2D eigenvalue weighted by Crippen LogP contribution is 2.35. The molecule has 1 amide bonds.